The van der Waals surface area contributed by atoms with Gasteiger partial charge in [0, 0.05) is 29.1 Å². The molecule has 0 atom stereocenters. The molecule has 0 spiro atoms. The summed E-state index contributed by atoms with van der Waals surface area (Å²) in [7, 11) is 0. The Morgan fingerprint density at radius 2 is 1.67 bits per heavy atom. The normalized spacial score (nSPS) is 10.6. The largest absolute Gasteiger partial charge is 0.358 e. The monoisotopic (exact) mass is 242 g/mol. The molecule has 0 saturated heterocycles. The predicted molar refractivity (Wildman–Crippen MR) is 61.4 cm³/mol. The van der Waals surface area contributed by atoms with Gasteiger partial charge in [-0.05, 0) is 6.92 Å². The highest BCUT2D eigenvalue weighted by Crippen LogP contribution is 2.23. The molecule has 0 saturated carbocycles. The van der Waals surface area contributed by atoms with Gasteiger partial charge in [-0.3, -0.25) is 0 Å². The summed E-state index contributed by atoms with van der Waals surface area (Å²) in [5, 5.41) is 0. The van der Waals surface area contributed by atoms with Crippen molar-refractivity contribution < 1.29 is 0 Å². The molecule has 0 aliphatic carbocycles. The average Bonchev–Trinajstić information content (AvgIpc) is 2.45. The first-order valence-corrected chi connectivity index (χ1v) is 5.02. The molecule has 0 amide bonds. The van der Waals surface area contributed by atoms with E-state index in [4.69, 9.17) is 23.6 Å². The van der Waals surface area contributed by atoms with Crippen LogP contribution in [0.15, 0.2) is 35.1 Å². The van der Waals surface area contributed by atoms with E-state index in [1.807, 2.05) is 30.3 Å². The highest BCUT2D eigenvalue weighted by atomic mass is 35.5. The zero-order valence-electron chi connectivity index (χ0n) is 7.95. The van der Waals surface area contributed by atoms with Crippen LogP contribution in [0.1, 0.15) is 5.69 Å². The van der Waals surface area contributed by atoms with Gasteiger partial charge in [-0.15, -0.1) is 0 Å². The minimum Gasteiger partial charge on any atom is -0.245 e. The Bertz CT molecular complexity index is 543. The first-order valence-electron chi connectivity index (χ1n) is 4.35. The summed E-state index contributed by atoms with van der Waals surface area (Å²) in [6, 6.07) is 9.39. The Morgan fingerprint density at radius 3 is 2.13 bits per heavy atom. The first kappa shape index (κ1) is 10.3. The molecular formula is C10H8Cl2N2O. The van der Waals surface area contributed by atoms with E-state index in [0.717, 1.165) is 13.7 Å². The third-order valence-electron chi connectivity index (χ3n) is 2.22. The Balaban J connectivity index is 2.75. The van der Waals surface area contributed by atoms with Gasteiger partial charge in [-0.2, -0.15) is 4.09 Å². The van der Waals surface area contributed by atoms with E-state index in [1.54, 1.807) is 6.92 Å². The van der Waals surface area contributed by atoms with Crippen LogP contribution in [0.25, 0.3) is 11.3 Å². The summed E-state index contributed by atoms with van der Waals surface area (Å²) >= 11 is 11.6. The summed E-state index contributed by atoms with van der Waals surface area (Å²) in [5.74, 6) is 0. The second-order valence-electron chi connectivity index (χ2n) is 3.14. The van der Waals surface area contributed by atoms with Crippen LogP contribution in [0.2, 0.25) is 0 Å². The smallest absolute Gasteiger partial charge is 0.245 e. The lowest BCUT2D eigenvalue weighted by molar-refractivity contribution is 1.04. The van der Waals surface area contributed by atoms with Crippen LogP contribution < -0.4 is 5.69 Å². The van der Waals surface area contributed by atoms with Gasteiger partial charge in [-0.25, -0.2) is 8.88 Å². The Kier molecular flexibility index (Phi) is 2.59. The Hall–Kier alpha value is -1.19. The van der Waals surface area contributed by atoms with Gasteiger partial charge in [-0.1, -0.05) is 30.3 Å². The zero-order valence-corrected chi connectivity index (χ0v) is 9.46. The van der Waals surface area contributed by atoms with Gasteiger partial charge in [0.25, 0.3) is 0 Å². The van der Waals surface area contributed by atoms with Crippen LogP contribution in [0.3, 0.4) is 0 Å². The van der Waals surface area contributed by atoms with Crippen molar-refractivity contribution in [1.29, 1.82) is 0 Å². The number of nitrogens with zero attached hydrogens (tertiary/aromatic N) is 2. The number of rotatable bonds is 1. The van der Waals surface area contributed by atoms with E-state index in [1.165, 1.54) is 0 Å². The van der Waals surface area contributed by atoms with Crippen molar-refractivity contribution in [2.45, 2.75) is 6.92 Å². The molecule has 0 aliphatic rings. The highest BCUT2D eigenvalue weighted by molar-refractivity contribution is 6.19. The zero-order chi connectivity index (χ0) is 11.0. The number of benzene rings is 1. The Labute approximate surface area is 96.7 Å². The van der Waals surface area contributed by atoms with E-state index in [2.05, 4.69) is 0 Å². The minimum atomic E-state index is -0.449. The summed E-state index contributed by atoms with van der Waals surface area (Å²) in [6.07, 6.45) is 0. The summed E-state index contributed by atoms with van der Waals surface area (Å²) in [5.41, 5.74) is 1.66. The van der Waals surface area contributed by atoms with Crippen molar-refractivity contribution in [3.8, 4) is 11.3 Å². The van der Waals surface area contributed by atoms with E-state index >= 15 is 0 Å². The number of hydrogen-bond donors (Lipinski definition) is 0. The van der Waals surface area contributed by atoms with Crippen molar-refractivity contribution >= 4 is 23.6 Å². The number of hydrogen-bond acceptors (Lipinski definition) is 1. The van der Waals surface area contributed by atoms with Gasteiger partial charge < -0.3 is 0 Å². The van der Waals surface area contributed by atoms with Crippen molar-refractivity contribution in [3.05, 3.63) is 46.5 Å². The maximum Gasteiger partial charge on any atom is 0.358 e. The quantitative estimate of drug-likeness (QED) is 0.756. The molecule has 1 aromatic carbocycles. The molecule has 2 rings (SSSR count). The van der Waals surface area contributed by atoms with Gasteiger partial charge in [0.1, 0.15) is 0 Å². The fraction of sp³-hybridized carbons (Fsp3) is 0.100. The molecule has 5 heteroatoms. The molecule has 0 aliphatic heterocycles. The lowest BCUT2D eigenvalue weighted by Gasteiger charge is -2.00. The van der Waals surface area contributed by atoms with Gasteiger partial charge in [0.05, 0.1) is 11.4 Å². The van der Waals surface area contributed by atoms with Crippen LogP contribution in [0.5, 0.6) is 0 Å². The Morgan fingerprint density at radius 1 is 1.07 bits per heavy atom. The maximum absolute atomic E-state index is 11.4. The minimum absolute atomic E-state index is 0.449. The van der Waals surface area contributed by atoms with Crippen LogP contribution in [-0.2, 0) is 0 Å². The molecule has 2 aromatic rings. The third kappa shape index (κ3) is 1.58. The van der Waals surface area contributed by atoms with E-state index < -0.39 is 5.69 Å². The van der Waals surface area contributed by atoms with Gasteiger partial charge >= 0.3 is 5.69 Å². The van der Waals surface area contributed by atoms with Gasteiger partial charge in [0.2, 0.25) is 0 Å². The van der Waals surface area contributed by atoms with Crippen LogP contribution in [-0.4, -0.2) is 8.17 Å². The third-order valence-corrected chi connectivity index (χ3v) is 2.93. The van der Waals surface area contributed by atoms with E-state index in [-0.39, 0.29) is 0 Å². The molecule has 0 unspecified atom stereocenters. The molecule has 78 valence electrons. The second kappa shape index (κ2) is 3.76. The number of aromatic nitrogens is 2. The summed E-state index contributed by atoms with van der Waals surface area (Å²) in [6.45, 7) is 1.75. The highest BCUT2D eigenvalue weighted by Gasteiger charge is 2.15. The van der Waals surface area contributed by atoms with Crippen LogP contribution in [0, 0.1) is 6.92 Å². The van der Waals surface area contributed by atoms with Crippen molar-refractivity contribution in [1.82, 2.24) is 8.17 Å². The SMILES string of the molecule is Cc1c(-c2ccccc2)n(Cl)c(=O)n1Cl. The van der Waals surface area contributed by atoms with Gasteiger partial charge in [0.15, 0.2) is 0 Å². The fourth-order valence-electron chi connectivity index (χ4n) is 1.47. The molecule has 1 heterocycles. The van der Waals surface area contributed by atoms with Crippen molar-refractivity contribution in [3.63, 3.8) is 0 Å². The fourth-order valence-corrected chi connectivity index (χ4v) is 1.96. The van der Waals surface area contributed by atoms with E-state index in [0.29, 0.717) is 11.4 Å². The summed E-state index contributed by atoms with van der Waals surface area (Å²) < 4.78 is 2.03. The van der Waals surface area contributed by atoms with Crippen molar-refractivity contribution in [2.75, 3.05) is 0 Å². The first-order chi connectivity index (χ1) is 7.13. The molecular weight excluding hydrogens is 235 g/mol. The molecule has 1 aromatic heterocycles. The number of halogens is 2. The van der Waals surface area contributed by atoms with E-state index in [9.17, 15) is 4.79 Å². The molecule has 0 bridgehead atoms. The summed E-state index contributed by atoms with van der Waals surface area (Å²) in [4.78, 5) is 11.4. The lowest BCUT2D eigenvalue weighted by atomic mass is 10.1. The van der Waals surface area contributed by atoms with Crippen LogP contribution in [0.4, 0.5) is 0 Å². The molecule has 3 nitrogen and oxygen atoms in total. The van der Waals surface area contributed by atoms with Crippen LogP contribution >= 0.6 is 23.6 Å². The lowest BCUT2D eigenvalue weighted by Crippen LogP contribution is -2.14. The molecule has 15 heavy (non-hydrogen) atoms. The average molecular weight is 243 g/mol. The topological polar surface area (TPSA) is 26.9 Å². The molecule has 0 radical (unpaired) electrons. The predicted octanol–water partition coefficient (Wildman–Crippen LogP) is 2.63. The number of imidazole rings is 1. The second-order valence-corrected chi connectivity index (χ2v) is 3.82. The molecule has 0 N–H and O–H groups in total. The standard InChI is InChI=1S/C10H8Cl2N2O/c1-7-9(8-5-3-2-4-6-8)14(12)10(15)13(7)11/h2-6H,1H3. The maximum atomic E-state index is 11.4. The molecule has 0 fully saturated rings. The van der Waals surface area contributed by atoms with Crippen molar-refractivity contribution in [2.24, 2.45) is 0 Å².